The van der Waals surface area contributed by atoms with Gasteiger partial charge in [-0.25, -0.2) is 0 Å². The lowest BCUT2D eigenvalue weighted by Crippen LogP contribution is -2.71. The van der Waals surface area contributed by atoms with E-state index in [-0.39, 0.29) is 29.3 Å². The van der Waals surface area contributed by atoms with Crippen LogP contribution in [0.2, 0.25) is 0 Å². The Labute approximate surface area is 127 Å². The van der Waals surface area contributed by atoms with Crippen LogP contribution in [-0.2, 0) is 9.59 Å². The fourth-order valence-electron chi connectivity index (χ4n) is 4.31. The van der Waals surface area contributed by atoms with E-state index < -0.39 is 5.54 Å². The summed E-state index contributed by atoms with van der Waals surface area (Å²) in [6, 6.07) is -0.0372. The Bertz CT molecular complexity index is 469. The smallest absolute Gasteiger partial charge is 0.249 e. The standard InChI is InChI=1S/C17H28N2O2/c1-5-13-14(20)18-17(4,11-6-7-11)15(21)19(13)12-8-9-16(2,3)10-12/h11-13H,5-10H2,1-4H3,(H,18,20). The van der Waals surface area contributed by atoms with Crippen molar-refractivity contribution in [3.8, 4) is 0 Å². The maximum atomic E-state index is 13.2. The third-order valence-corrected chi connectivity index (χ3v) is 5.82. The molecule has 1 aliphatic heterocycles. The summed E-state index contributed by atoms with van der Waals surface area (Å²) in [6.45, 7) is 8.47. The summed E-state index contributed by atoms with van der Waals surface area (Å²) in [6.07, 6.45) is 6.01. The van der Waals surface area contributed by atoms with E-state index in [1.807, 2.05) is 18.7 Å². The number of carbonyl (C=O) groups excluding carboxylic acids is 2. The van der Waals surface area contributed by atoms with Crippen molar-refractivity contribution in [3.63, 3.8) is 0 Å². The van der Waals surface area contributed by atoms with Crippen LogP contribution in [0, 0.1) is 11.3 Å². The molecule has 3 fully saturated rings. The second-order valence-corrected chi connectivity index (χ2v) is 8.16. The van der Waals surface area contributed by atoms with Crippen LogP contribution in [0.25, 0.3) is 0 Å². The van der Waals surface area contributed by atoms with Crippen LogP contribution < -0.4 is 5.32 Å². The first-order chi connectivity index (χ1) is 9.78. The van der Waals surface area contributed by atoms with Crippen molar-refractivity contribution >= 4 is 11.8 Å². The average Bonchev–Trinajstić information content (AvgIpc) is 3.19. The molecule has 0 aromatic heterocycles. The molecule has 3 aliphatic rings. The van der Waals surface area contributed by atoms with Crippen LogP contribution in [-0.4, -0.2) is 34.3 Å². The first-order valence-corrected chi connectivity index (χ1v) is 8.43. The molecule has 0 spiro atoms. The van der Waals surface area contributed by atoms with Gasteiger partial charge in [0.2, 0.25) is 11.8 Å². The Morgan fingerprint density at radius 3 is 2.33 bits per heavy atom. The third kappa shape index (κ3) is 2.36. The van der Waals surface area contributed by atoms with E-state index in [1.54, 1.807) is 0 Å². The Morgan fingerprint density at radius 1 is 1.19 bits per heavy atom. The maximum Gasteiger partial charge on any atom is 0.249 e. The number of carbonyl (C=O) groups is 2. The summed E-state index contributed by atoms with van der Waals surface area (Å²) in [7, 11) is 0. The van der Waals surface area contributed by atoms with E-state index >= 15 is 0 Å². The molecule has 1 N–H and O–H groups in total. The lowest BCUT2D eigenvalue weighted by molar-refractivity contribution is -0.158. The molecule has 2 aliphatic carbocycles. The third-order valence-electron chi connectivity index (χ3n) is 5.82. The minimum atomic E-state index is -0.657. The van der Waals surface area contributed by atoms with Gasteiger partial charge in [-0.3, -0.25) is 9.59 Å². The molecule has 1 heterocycles. The highest BCUT2D eigenvalue weighted by Gasteiger charge is 2.57. The number of hydrogen-bond donors (Lipinski definition) is 1. The topological polar surface area (TPSA) is 49.4 Å². The van der Waals surface area contributed by atoms with Crippen molar-refractivity contribution in [3.05, 3.63) is 0 Å². The van der Waals surface area contributed by atoms with Gasteiger partial charge in [-0.2, -0.15) is 0 Å². The van der Waals surface area contributed by atoms with Crippen LogP contribution >= 0.6 is 0 Å². The van der Waals surface area contributed by atoms with Crippen molar-refractivity contribution < 1.29 is 9.59 Å². The van der Waals surface area contributed by atoms with Crippen LogP contribution in [0.3, 0.4) is 0 Å². The van der Waals surface area contributed by atoms with Gasteiger partial charge in [0.25, 0.3) is 0 Å². The Kier molecular flexibility index (Phi) is 3.34. The molecule has 3 rings (SSSR count). The lowest BCUT2D eigenvalue weighted by atomic mass is 9.86. The molecular formula is C17H28N2O2. The van der Waals surface area contributed by atoms with Gasteiger partial charge in [-0.1, -0.05) is 20.8 Å². The van der Waals surface area contributed by atoms with E-state index in [9.17, 15) is 9.59 Å². The Morgan fingerprint density at radius 2 is 1.86 bits per heavy atom. The van der Waals surface area contributed by atoms with Crippen LogP contribution in [0.1, 0.15) is 66.2 Å². The number of amides is 2. The summed E-state index contributed by atoms with van der Waals surface area (Å²) in [5.41, 5.74) is -0.372. The minimum Gasteiger partial charge on any atom is -0.340 e. The molecule has 1 saturated heterocycles. The predicted molar refractivity (Wildman–Crippen MR) is 81.6 cm³/mol. The van der Waals surface area contributed by atoms with Crippen molar-refractivity contribution in [1.82, 2.24) is 10.2 Å². The van der Waals surface area contributed by atoms with Gasteiger partial charge in [0.05, 0.1) is 0 Å². The first-order valence-electron chi connectivity index (χ1n) is 8.43. The van der Waals surface area contributed by atoms with Gasteiger partial charge in [-0.15, -0.1) is 0 Å². The molecule has 21 heavy (non-hydrogen) atoms. The highest BCUT2D eigenvalue weighted by atomic mass is 16.2. The van der Waals surface area contributed by atoms with Gasteiger partial charge in [-0.05, 0) is 56.8 Å². The molecule has 0 radical (unpaired) electrons. The number of nitrogens with one attached hydrogen (secondary N) is 1. The van der Waals surface area contributed by atoms with Crippen LogP contribution in [0.4, 0.5) is 0 Å². The quantitative estimate of drug-likeness (QED) is 0.868. The van der Waals surface area contributed by atoms with E-state index in [0.29, 0.717) is 12.3 Å². The fraction of sp³-hybridized carbons (Fsp3) is 0.882. The van der Waals surface area contributed by atoms with Crippen LogP contribution in [0.5, 0.6) is 0 Å². The predicted octanol–water partition coefficient (Wildman–Crippen LogP) is 2.47. The van der Waals surface area contributed by atoms with E-state index in [2.05, 4.69) is 19.2 Å². The molecular weight excluding hydrogens is 264 g/mol. The average molecular weight is 292 g/mol. The zero-order valence-corrected chi connectivity index (χ0v) is 13.7. The SMILES string of the molecule is CCC1C(=O)NC(C)(C2CC2)C(=O)N1C1CCC(C)(C)C1. The van der Waals surface area contributed by atoms with E-state index in [0.717, 1.165) is 32.1 Å². The molecule has 0 bridgehead atoms. The lowest BCUT2D eigenvalue weighted by Gasteiger charge is -2.47. The molecule has 4 nitrogen and oxygen atoms in total. The number of nitrogens with zero attached hydrogens (tertiary/aromatic N) is 1. The van der Waals surface area contributed by atoms with Crippen molar-refractivity contribution in [2.45, 2.75) is 83.8 Å². The van der Waals surface area contributed by atoms with Crippen molar-refractivity contribution in [1.29, 1.82) is 0 Å². The largest absolute Gasteiger partial charge is 0.340 e. The second kappa shape index (κ2) is 4.72. The van der Waals surface area contributed by atoms with Gasteiger partial charge in [0, 0.05) is 6.04 Å². The Hall–Kier alpha value is -1.06. The first kappa shape index (κ1) is 14.9. The maximum absolute atomic E-state index is 13.2. The highest BCUT2D eigenvalue weighted by Crippen LogP contribution is 2.46. The zero-order valence-electron chi connectivity index (χ0n) is 13.7. The summed E-state index contributed by atoms with van der Waals surface area (Å²) >= 11 is 0. The second-order valence-electron chi connectivity index (χ2n) is 8.16. The number of hydrogen-bond acceptors (Lipinski definition) is 2. The summed E-state index contributed by atoms with van der Waals surface area (Å²) in [4.78, 5) is 27.7. The van der Waals surface area contributed by atoms with Gasteiger partial charge in [0.1, 0.15) is 11.6 Å². The van der Waals surface area contributed by atoms with Crippen LogP contribution in [0.15, 0.2) is 0 Å². The molecule has 118 valence electrons. The van der Waals surface area contributed by atoms with Gasteiger partial charge < -0.3 is 10.2 Å². The molecule has 0 aromatic carbocycles. The van der Waals surface area contributed by atoms with E-state index in [1.165, 1.54) is 0 Å². The molecule has 2 saturated carbocycles. The molecule has 0 aromatic rings. The van der Waals surface area contributed by atoms with E-state index in [4.69, 9.17) is 0 Å². The summed E-state index contributed by atoms with van der Waals surface area (Å²) < 4.78 is 0. The number of rotatable bonds is 3. The molecule has 3 unspecified atom stereocenters. The van der Waals surface area contributed by atoms with Gasteiger partial charge in [0.15, 0.2) is 0 Å². The summed E-state index contributed by atoms with van der Waals surface area (Å²) in [5, 5.41) is 3.05. The highest BCUT2D eigenvalue weighted by molar-refractivity contribution is 6.00. The normalized spacial score (nSPS) is 39.5. The Balaban J connectivity index is 1.90. The molecule has 2 amide bonds. The minimum absolute atomic E-state index is 0.0520. The van der Waals surface area contributed by atoms with Crippen molar-refractivity contribution in [2.75, 3.05) is 0 Å². The van der Waals surface area contributed by atoms with Crippen molar-refractivity contribution in [2.24, 2.45) is 11.3 Å². The zero-order chi connectivity index (χ0) is 15.4. The monoisotopic (exact) mass is 292 g/mol. The summed E-state index contributed by atoms with van der Waals surface area (Å²) in [5.74, 6) is 0.555. The van der Waals surface area contributed by atoms with Gasteiger partial charge >= 0.3 is 0 Å². The molecule has 4 heteroatoms. The fourth-order valence-corrected chi connectivity index (χ4v) is 4.31. The molecule has 3 atom stereocenters. The number of piperazine rings is 1.